The minimum absolute atomic E-state index is 0.0937. The van der Waals surface area contributed by atoms with Crippen LogP contribution in [0.25, 0.3) is 54.9 Å². The SMILES string of the molecule is CC(C)(C)c1cc(N2c3cc(-c4ccc5c(c4)-c4ccccc4C54c5ccccc5-c5ccccc54)cc4c3B(c3c2ccc2ccccc32)c2c(ccc3ccccc23)N4c2cc(C(C)(C)C)cc(C(C)(C)C)c2)cc(C(C)(C)C)c1. The van der Waals surface area contributed by atoms with Crippen molar-refractivity contribution < 1.29 is 0 Å². The highest BCUT2D eigenvalue weighted by Crippen LogP contribution is 2.63. The van der Waals surface area contributed by atoms with Crippen molar-refractivity contribution in [2.45, 2.75) is 110 Å². The highest BCUT2D eigenvalue weighted by Gasteiger charge is 2.52. The van der Waals surface area contributed by atoms with E-state index in [4.69, 9.17) is 0 Å². The average molecular weight is 1060 g/mol. The number of benzene rings is 11. The van der Waals surface area contributed by atoms with Crippen molar-refractivity contribution in [3.63, 3.8) is 0 Å². The molecule has 2 heterocycles. The Morgan fingerprint density at radius 1 is 0.293 bits per heavy atom. The highest BCUT2D eigenvalue weighted by molar-refractivity contribution is 7.03. The molecule has 0 aromatic heterocycles. The standard InChI is InChI=1S/C79H71BN2/c1-75(2,3)52-42-53(76(4,5)6)45-56(44-52)81-68-37-34-48-23-13-15-25-58(48)72(68)80-73-59-26-16-14-24-49(59)35-38-69(73)82(57-46-54(77(7,8)9)43-55(47-57)78(10,11)12)71-41-51(40-70(81)74(71)80)50-33-36-67-63(39-50)62-29-19-22-32-66(62)79(67)64-30-20-17-27-60(64)61-28-18-21-31-65(61)79/h13-47H,1-12H3. The van der Waals surface area contributed by atoms with Crippen molar-refractivity contribution in [3.8, 4) is 33.4 Å². The lowest BCUT2D eigenvalue weighted by molar-refractivity contribution is 0.568. The second-order valence-electron chi connectivity index (χ2n) is 28.2. The first-order valence-corrected chi connectivity index (χ1v) is 29.8. The molecule has 0 unspecified atom stereocenters. The third kappa shape index (κ3) is 7.27. The molecule has 3 heteroatoms. The third-order valence-corrected chi connectivity index (χ3v) is 19.0. The zero-order valence-corrected chi connectivity index (χ0v) is 49.7. The molecule has 82 heavy (non-hydrogen) atoms. The molecule has 4 aliphatic rings. The minimum Gasteiger partial charge on any atom is -0.311 e. The summed E-state index contributed by atoms with van der Waals surface area (Å²) in [6.45, 7) is 28.3. The van der Waals surface area contributed by atoms with Crippen molar-refractivity contribution in [3.05, 3.63) is 257 Å². The first kappa shape index (κ1) is 50.6. The van der Waals surface area contributed by atoms with Gasteiger partial charge in [-0.2, -0.15) is 0 Å². The molecule has 0 atom stereocenters. The van der Waals surface area contributed by atoms with Crippen LogP contribution in [0.4, 0.5) is 34.1 Å². The van der Waals surface area contributed by atoms with Crippen LogP contribution in [0.3, 0.4) is 0 Å². The van der Waals surface area contributed by atoms with Gasteiger partial charge >= 0.3 is 0 Å². The summed E-state index contributed by atoms with van der Waals surface area (Å²) in [4.78, 5) is 5.35. The predicted octanol–water partition coefficient (Wildman–Crippen LogP) is 19.3. The van der Waals surface area contributed by atoms with E-state index < -0.39 is 5.41 Å². The molecular weight excluding hydrogens is 988 g/mol. The van der Waals surface area contributed by atoms with E-state index in [0.717, 1.165) is 0 Å². The molecule has 0 N–H and O–H groups in total. The van der Waals surface area contributed by atoms with E-state index in [1.54, 1.807) is 0 Å². The summed E-state index contributed by atoms with van der Waals surface area (Å²) < 4.78 is 0. The first-order valence-electron chi connectivity index (χ1n) is 29.8. The summed E-state index contributed by atoms with van der Waals surface area (Å²) in [7, 11) is 0. The van der Waals surface area contributed by atoms with Crippen LogP contribution >= 0.6 is 0 Å². The average Bonchev–Trinajstić information content (AvgIpc) is 1.79. The fourth-order valence-electron chi connectivity index (χ4n) is 14.8. The van der Waals surface area contributed by atoms with Gasteiger partial charge in [0.2, 0.25) is 0 Å². The van der Waals surface area contributed by atoms with Crippen molar-refractivity contribution in [1.82, 2.24) is 0 Å². The Bertz CT molecular complexity index is 4230. The second kappa shape index (κ2) is 17.3. The molecule has 0 radical (unpaired) electrons. The monoisotopic (exact) mass is 1060 g/mol. The lowest BCUT2D eigenvalue weighted by atomic mass is 9.32. The largest absolute Gasteiger partial charge is 0.311 e. The fraction of sp³-hybridized carbons (Fsp3) is 0.215. The van der Waals surface area contributed by atoms with Crippen LogP contribution < -0.4 is 26.2 Å². The van der Waals surface area contributed by atoms with Gasteiger partial charge < -0.3 is 9.80 Å². The molecule has 1 spiro atoms. The second-order valence-corrected chi connectivity index (χ2v) is 28.2. The molecule has 0 amide bonds. The molecule has 0 saturated carbocycles. The summed E-state index contributed by atoms with van der Waals surface area (Å²) in [6, 6.07) is 83.0. The van der Waals surface area contributed by atoms with Crippen LogP contribution in [-0.4, -0.2) is 6.71 Å². The molecule has 400 valence electrons. The Kier molecular flexibility index (Phi) is 10.7. The molecule has 0 saturated heterocycles. The zero-order chi connectivity index (χ0) is 56.6. The summed E-state index contributed by atoms with van der Waals surface area (Å²) >= 11 is 0. The van der Waals surface area contributed by atoms with E-state index in [9.17, 15) is 0 Å². The van der Waals surface area contributed by atoms with Crippen LogP contribution in [0.2, 0.25) is 0 Å². The van der Waals surface area contributed by atoms with Gasteiger partial charge in [-0.3, -0.25) is 0 Å². The van der Waals surface area contributed by atoms with Gasteiger partial charge in [-0.15, -0.1) is 0 Å². The topological polar surface area (TPSA) is 6.48 Å². The van der Waals surface area contributed by atoms with Crippen LogP contribution in [0.1, 0.15) is 128 Å². The molecule has 11 aromatic carbocycles. The molecule has 0 fully saturated rings. The van der Waals surface area contributed by atoms with E-state index in [-0.39, 0.29) is 28.4 Å². The lowest BCUT2D eigenvalue weighted by Gasteiger charge is -2.46. The van der Waals surface area contributed by atoms with Crippen LogP contribution in [-0.2, 0) is 27.1 Å². The summed E-state index contributed by atoms with van der Waals surface area (Å²) in [5, 5.41) is 5.08. The lowest BCUT2D eigenvalue weighted by Crippen LogP contribution is -2.61. The molecule has 2 aliphatic carbocycles. The van der Waals surface area contributed by atoms with E-state index in [2.05, 4.69) is 305 Å². The molecule has 11 aromatic rings. The maximum Gasteiger partial charge on any atom is 0.253 e. The minimum atomic E-state index is -0.426. The van der Waals surface area contributed by atoms with Crippen molar-refractivity contribution in [2.24, 2.45) is 0 Å². The van der Waals surface area contributed by atoms with Crippen molar-refractivity contribution >= 4 is 78.8 Å². The quantitative estimate of drug-likeness (QED) is 0.163. The van der Waals surface area contributed by atoms with E-state index in [1.165, 1.54) is 150 Å². The molecule has 15 rings (SSSR count). The maximum absolute atomic E-state index is 2.68. The van der Waals surface area contributed by atoms with Crippen molar-refractivity contribution in [1.29, 1.82) is 0 Å². The normalized spacial score (nSPS) is 14.6. The van der Waals surface area contributed by atoms with Gasteiger partial charge in [0.15, 0.2) is 0 Å². The Labute approximate surface area is 486 Å². The predicted molar refractivity (Wildman–Crippen MR) is 352 cm³/mol. The van der Waals surface area contributed by atoms with E-state index >= 15 is 0 Å². The third-order valence-electron chi connectivity index (χ3n) is 19.0. The smallest absolute Gasteiger partial charge is 0.253 e. The van der Waals surface area contributed by atoms with Gasteiger partial charge in [0, 0.05) is 34.1 Å². The Morgan fingerprint density at radius 2 is 0.659 bits per heavy atom. The highest BCUT2D eigenvalue weighted by atomic mass is 15.2. The van der Waals surface area contributed by atoms with Gasteiger partial charge in [0.25, 0.3) is 6.71 Å². The van der Waals surface area contributed by atoms with Crippen LogP contribution in [0.5, 0.6) is 0 Å². The Balaban J connectivity index is 1.09. The maximum atomic E-state index is 2.68. The number of nitrogens with zero attached hydrogens (tertiary/aromatic N) is 2. The number of rotatable bonds is 3. The van der Waals surface area contributed by atoms with Gasteiger partial charge in [-0.25, -0.2) is 0 Å². The molecule has 2 nitrogen and oxygen atoms in total. The van der Waals surface area contributed by atoms with Gasteiger partial charge in [-0.05, 0) is 192 Å². The molecule has 0 bridgehead atoms. The van der Waals surface area contributed by atoms with Gasteiger partial charge in [0.05, 0.1) is 5.41 Å². The zero-order valence-electron chi connectivity index (χ0n) is 49.7. The summed E-state index contributed by atoms with van der Waals surface area (Å²) in [6.07, 6.45) is 0. The summed E-state index contributed by atoms with van der Waals surface area (Å²) in [5.41, 5.74) is 28.9. The molecular formula is C79H71BN2. The number of anilines is 6. The Hall–Kier alpha value is -8.40. The fourth-order valence-corrected chi connectivity index (χ4v) is 14.8. The van der Waals surface area contributed by atoms with Crippen LogP contribution in [0.15, 0.2) is 212 Å². The van der Waals surface area contributed by atoms with E-state index in [0.29, 0.717) is 0 Å². The number of hydrogen-bond acceptors (Lipinski definition) is 2. The number of hydrogen-bond donors (Lipinski definition) is 0. The van der Waals surface area contributed by atoms with Gasteiger partial charge in [-0.1, -0.05) is 241 Å². The van der Waals surface area contributed by atoms with Crippen LogP contribution in [0, 0.1) is 0 Å². The van der Waals surface area contributed by atoms with Gasteiger partial charge in [0.1, 0.15) is 0 Å². The summed E-state index contributed by atoms with van der Waals surface area (Å²) in [5.74, 6) is 0. The first-order chi connectivity index (χ1) is 39.2. The molecule has 2 aliphatic heterocycles. The van der Waals surface area contributed by atoms with Crippen molar-refractivity contribution in [2.75, 3.05) is 9.80 Å². The Morgan fingerprint density at radius 3 is 1.07 bits per heavy atom. The van der Waals surface area contributed by atoms with E-state index in [1.807, 2.05) is 0 Å². The number of fused-ring (bicyclic) bond motifs is 18.